The number of hydrogen-bond acceptors (Lipinski definition) is 5. The lowest BCUT2D eigenvalue weighted by atomic mass is 10.1. The molecule has 1 aromatic carbocycles. The molecular formula is C17H26N2O4. The van der Waals surface area contributed by atoms with Crippen molar-refractivity contribution in [2.45, 2.75) is 45.3 Å². The molecule has 2 N–H and O–H groups in total. The van der Waals surface area contributed by atoms with E-state index in [-0.39, 0.29) is 0 Å². The van der Waals surface area contributed by atoms with Gasteiger partial charge in [-0.1, -0.05) is 0 Å². The number of methoxy groups -OCH3 is 1. The molecule has 0 radical (unpaired) electrons. The molecule has 0 saturated carbocycles. The Morgan fingerprint density at radius 3 is 2.74 bits per heavy atom. The number of rotatable bonds is 4. The van der Waals surface area contributed by atoms with Crippen molar-refractivity contribution in [3.05, 3.63) is 18.2 Å². The highest BCUT2D eigenvalue weighted by Crippen LogP contribution is 2.29. The van der Waals surface area contributed by atoms with Crippen molar-refractivity contribution in [2.75, 3.05) is 31.0 Å². The van der Waals surface area contributed by atoms with E-state index in [1.165, 1.54) is 0 Å². The smallest absolute Gasteiger partial charge is 0.412 e. The van der Waals surface area contributed by atoms with Crippen LogP contribution in [0.4, 0.5) is 16.2 Å². The fraction of sp³-hybridized carbons (Fsp3) is 0.588. The summed E-state index contributed by atoms with van der Waals surface area (Å²) >= 11 is 0. The second-order valence-corrected chi connectivity index (χ2v) is 6.60. The fourth-order valence-electron chi connectivity index (χ4n) is 2.39. The number of hydrogen-bond donors (Lipinski definition) is 2. The standard InChI is InChI=1S/C17H26N2O4/c1-17(2,3)23-16(20)19-14-8-7-12(10-15(14)21-4)18-13-6-5-9-22-11-13/h7-8,10,13,18H,5-6,9,11H2,1-4H3,(H,19,20). The van der Waals surface area contributed by atoms with Crippen LogP contribution >= 0.6 is 0 Å². The predicted molar refractivity (Wildman–Crippen MR) is 90.3 cm³/mol. The van der Waals surface area contributed by atoms with Crippen LogP contribution in [0, 0.1) is 0 Å². The highest BCUT2D eigenvalue weighted by Gasteiger charge is 2.18. The maximum absolute atomic E-state index is 11.9. The van der Waals surface area contributed by atoms with Gasteiger partial charge in [0.05, 0.1) is 19.4 Å². The summed E-state index contributed by atoms with van der Waals surface area (Å²) in [6, 6.07) is 5.87. The molecule has 2 rings (SSSR count). The number of carbonyl (C=O) groups is 1. The number of benzene rings is 1. The summed E-state index contributed by atoms with van der Waals surface area (Å²) in [5.41, 5.74) is 0.971. The maximum Gasteiger partial charge on any atom is 0.412 e. The normalized spacial score (nSPS) is 18.2. The lowest BCUT2D eigenvalue weighted by molar-refractivity contribution is 0.0635. The van der Waals surface area contributed by atoms with Crippen LogP contribution in [0.3, 0.4) is 0 Å². The van der Waals surface area contributed by atoms with Crippen molar-refractivity contribution in [1.29, 1.82) is 0 Å². The Morgan fingerprint density at radius 2 is 2.13 bits per heavy atom. The Kier molecular flexibility index (Phi) is 5.71. The Balaban J connectivity index is 2.02. The number of anilines is 2. The Bertz CT molecular complexity index is 534. The second kappa shape index (κ2) is 7.55. The van der Waals surface area contributed by atoms with Crippen molar-refractivity contribution in [3.8, 4) is 5.75 Å². The fourth-order valence-corrected chi connectivity index (χ4v) is 2.39. The van der Waals surface area contributed by atoms with E-state index in [9.17, 15) is 4.79 Å². The van der Waals surface area contributed by atoms with Gasteiger partial charge in [0.2, 0.25) is 0 Å². The summed E-state index contributed by atoms with van der Waals surface area (Å²) in [4.78, 5) is 11.9. The highest BCUT2D eigenvalue weighted by atomic mass is 16.6. The minimum atomic E-state index is -0.542. The maximum atomic E-state index is 11.9. The molecule has 0 bridgehead atoms. The third-order valence-electron chi connectivity index (χ3n) is 3.37. The van der Waals surface area contributed by atoms with Crippen molar-refractivity contribution in [1.82, 2.24) is 0 Å². The van der Waals surface area contributed by atoms with Crippen LogP contribution in [0.2, 0.25) is 0 Å². The SMILES string of the molecule is COc1cc(NC2CCCOC2)ccc1NC(=O)OC(C)(C)C. The first kappa shape index (κ1) is 17.4. The second-order valence-electron chi connectivity index (χ2n) is 6.60. The van der Waals surface area contributed by atoms with Gasteiger partial charge in [-0.2, -0.15) is 0 Å². The number of nitrogens with one attached hydrogen (secondary N) is 2. The Morgan fingerprint density at radius 1 is 1.35 bits per heavy atom. The molecule has 1 fully saturated rings. The van der Waals surface area contributed by atoms with E-state index >= 15 is 0 Å². The highest BCUT2D eigenvalue weighted by molar-refractivity contribution is 5.87. The van der Waals surface area contributed by atoms with Gasteiger partial charge in [-0.3, -0.25) is 5.32 Å². The molecule has 23 heavy (non-hydrogen) atoms. The summed E-state index contributed by atoms with van der Waals surface area (Å²) in [5, 5.41) is 6.14. The molecule has 1 heterocycles. The van der Waals surface area contributed by atoms with E-state index in [1.807, 2.05) is 32.9 Å². The van der Waals surface area contributed by atoms with Crippen LogP contribution in [-0.4, -0.2) is 38.1 Å². The lowest BCUT2D eigenvalue weighted by Gasteiger charge is -2.24. The number of amides is 1. The van der Waals surface area contributed by atoms with Crippen LogP contribution < -0.4 is 15.4 Å². The third kappa shape index (κ3) is 5.63. The van der Waals surface area contributed by atoms with Crippen LogP contribution in [0.1, 0.15) is 33.6 Å². The summed E-state index contributed by atoms with van der Waals surface area (Å²) < 4.78 is 16.1. The molecule has 1 amide bonds. The van der Waals surface area contributed by atoms with E-state index in [1.54, 1.807) is 13.2 Å². The van der Waals surface area contributed by atoms with Gasteiger partial charge in [-0.05, 0) is 45.7 Å². The zero-order valence-electron chi connectivity index (χ0n) is 14.3. The zero-order chi connectivity index (χ0) is 16.9. The number of carbonyl (C=O) groups excluding carboxylic acids is 1. The Hall–Kier alpha value is -1.95. The summed E-state index contributed by atoms with van der Waals surface area (Å²) in [7, 11) is 1.57. The van der Waals surface area contributed by atoms with Gasteiger partial charge in [0.1, 0.15) is 11.4 Å². The molecule has 0 spiro atoms. The van der Waals surface area contributed by atoms with Crippen molar-refractivity contribution >= 4 is 17.5 Å². The van der Waals surface area contributed by atoms with Crippen molar-refractivity contribution < 1.29 is 19.0 Å². The molecule has 1 saturated heterocycles. The van der Waals surface area contributed by atoms with E-state index in [4.69, 9.17) is 14.2 Å². The van der Waals surface area contributed by atoms with E-state index < -0.39 is 11.7 Å². The van der Waals surface area contributed by atoms with Gasteiger partial charge in [0.15, 0.2) is 0 Å². The van der Waals surface area contributed by atoms with Crippen molar-refractivity contribution in [3.63, 3.8) is 0 Å². The van der Waals surface area contributed by atoms with Gasteiger partial charge in [-0.15, -0.1) is 0 Å². The monoisotopic (exact) mass is 322 g/mol. The van der Waals surface area contributed by atoms with E-state index in [0.717, 1.165) is 25.1 Å². The predicted octanol–water partition coefficient (Wildman–Crippen LogP) is 3.63. The average molecular weight is 322 g/mol. The minimum absolute atomic E-state index is 0.304. The first-order valence-electron chi connectivity index (χ1n) is 7.90. The largest absolute Gasteiger partial charge is 0.494 e. The molecule has 0 aromatic heterocycles. The quantitative estimate of drug-likeness (QED) is 0.886. The van der Waals surface area contributed by atoms with Crippen molar-refractivity contribution in [2.24, 2.45) is 0 Å². The summed E-state index contributed by atoms with van der Waals surface area (Å²) in [6.45, 7) is 7.01. The molecule has 1 aliphatic rings. The van der Waals surface area contributed by atoms with E-state index in [0.29, 0.717) is 24.1 Å². The lowest BCUT2D eigenvalue weighted by Crippen LogP contribution is -2.30. The van der Waals surface area contributed by atoms with Crippen LogP contribution in [-0.2, 0) is 9.47 Å². The average Bonchev–Trinajstić information content (AvgIpc) is 2.48. The zero-order valence-corrected chi connectivity index (χ0v) is 14.3. The molecule has 6 nitrogen and oxygen atoms in total. The van der Waals surface area contributed by atoms with Gasteiger partial charge in [0.25, 0.3) is 0 Å². The van der Waals surface area contributed by atoms with Crippen LogP contribution in [0.5, 0.6) is 5.75 Å². The molecule has 6 heteroatoms. The first-order chi connectivity index (χ1) is 10.9. The molecule has 128 valence electrons. The minimum Gasteiger partial charge on any atom is -0.494 e. The van der Waals surface area contributed by atoms with E-state index in [2.05, 4.69) is 10.6 Å². The van der Waals surface area contributed by atoms with Crippen LogP contribution in [0.25, 0.3) is 0 Å². The number of ether oxygens (including phenoxy) is 3. The summed E-state index contributed by atoms with van der Waals surface area (Å²) in [6.07, 6.45) is 1.64. The summed E-state index contributed by atoms with van der Waals surface area (Å²) in [5.74, 6) is 0.581. The van der Waals surface area contributed by atoms with Gasteiger partial charge in [-0.25, -0.2) is 4.79 Å². The van der Waals surface area contributed by atoms with Gasteiger partial charge >= 0.3 is 6.09 Å². The third-order valence-corrected chi connectivity index (χ3v) is 3.37. The van der Waals surface area contributed by atoms with Gasteiger partial charge < -0.3 is 19.5 Å². The topological polar surface area (TPSA) is 68.8 Å². The molecule has 1 aliphatic heterocycles. The molecule has 1 aromatic rings. The molecular weight excluding hydrogens is 296 g/mol. The molecule has 1 unspecified atom stereocenters. The van der Waals surface area contributed by atoms with Gasteiger partial charge in [0, 0.05) is 24.4 Å². The Labute approximate surface area is 137 Å². The van der Waals surface area contributed by atoms with Crippen LogP contribution in [0.15, 0.2) is 18.2 Å². The molecule has 0 aliphatic carbocycles. The first-order valence-corrected chi connectivity index (χ1v) is 7.90. The molecule has 1 atom stereocenters.